The standard InChI is InChI=1S/C15H23NO3/c16-13-5-3-7-14(11-13)18-10-4-8-17-12-15-6-1-2-9-19-15/h3,5,7,11,15H,1-2,4,6,8-10,12,16H2. The van der Waals surface area contributed by atoms with Crippen LogP contribution in [0.1, 0.15) is 25.7 Å². The van der Waals surface area contributed by atoms with Gasteiger partial charge in [-0.1, -0.05) is 6.07 Å². The van der Waals surface area contributed by atoms with Crippen molar-refractivity contribution in [1.29, 1.82) is 0 Å². The van der Waals surface area contributed by atoms with E-state index in [0.29, 0.717) is 25.9 Å². The number of nitrogens with two attached hydrogens (primary N) is 1. The number of benzene rings is 1. The summed E-state index contributed by atoms with van der Waals surface area (Å²) in [5, 5.41) is 0. The lowest BCUT2D eigenvalue weighted by Crippen LogP contribution is -2.24. The number of ether oxygens (including phenoxy) is 3. The molecule has 1 aromatic carbocycles. The van der Waals surface area contributed by atoms with E-state index in [0.717, 1.165) is 30.9 Å². The van der Waals surface area contributed by atoms with Crippen LogP contribution in [0.15, 0.2) is 24.3 Å². The number of rotatable bonds is 7. The molecule has 1 unspecified atom stereocenters. The molecule has 4 nitrogen and oxygen atoms in total. The van der Waals surface area contributed by atoms with Crippen LogP contribution in [0.5, 0.6) is 5.75 Å². The average molecular weight is 265 g/mol. The molecule has 1 atom stereocenters. The first-order valence-electron chi connectivity index (χ1n) is 7.02. The lowest BCUT2D eigenvalue weighted by molar-refractivity contribution is -0.0419. The molecule has 106 valence electrons. The maximum absolute atomic E-state index is 5.67. The zero-order valence-electron chi connectivity index (χ0n) is 11.3. The maximum atomic E-state index is 5.67. The molecule has 19 heavy (non-hydrogen) atoms. The molecule has 1 heterocycles. The van der Waals surface area contributed by atoms with Gasteiger partial charge in [-0.3, -0.25) is 0 Å². The molecule has 0 aromatic heterocycles. The second-order valence-electron chi connectivity index (χ2n) is 4.84. The van der Waals surface area contributed by atoms with Gasteiger partial charge >= 0.3 is 0 Å². The zero-order valence-corrected chi connectivity index (χ0v) is 11.3. The molecular formula is C15H23NO3. The highest BCUT2D eigenvalue weighted by molar-refractivity contribution is 5.43. The Bertz CT molecular complexity index is 364. The van der Waals surface area contributed by atoms with E-state index < -0.39 is 0 Å². The first-order valence-corrected chi connectivity index (χ1v) is 7.02. The first kappa shape index (κ1) is 14.2. The van der Waals surface area contributed by atoms with Crippen LogP contribution in [0, 0.1) is 0 Å². The summed E-state index contributed by atoms with van der Waals surface area (Å²) in [6.07, 6.45) is 4.74. The summed E-state index contributed by atoms with van der Waals surface area (Å²) < 4.78 is 16.8. The van der Waals surface area contributed by atoms with Gasteiger partial charge in [0.25, 0.3) is 0 Å². The van der Waals surface area contributed by atoms with Gasteiger partial charge in [0.15, 0.2) is 0 Å². The summed E-state index contributed by atoms with van der Waals surface area (Å²) in [7, 11) is 0. The molecular weight excluding hydrogens is 242 g/mol. The van der Waals surface area contributed by atoms with Gasteiger partial charge < -0.3 is 19.9 Å². The highest BCUT2D eigenvalue weighted by Gasteiger charge is 2.13. The third-order valence-corrected chi connectivity index (χ3v) is 3.14. The predicted molar refractivity (Wildman–Crippen MR) is 75.4 cm³/mol. The third kappa shape index (κ3) is 5.49. The van der Waals surface area contributed by atoms with Crippen molar-refractivity contribution in [3.05, 3.63) is 24.3 Å². The van der Waals surface area contributed by atoms with Crippen molar-refractivity contribution in [2.24, 2.45) is 0 Å². The molecule has 2 rings (SSSR count). The molecule has 0 radical (unpaired) electrons. The number of nitrogen functional groups attached to an aromatic ring is 1. The van der Waals surface area contributed by atoms with Gasteiger partial charge in [0.1, 0.15) is 5.75 Å². The van der Waals surface area contributed by atoms with Crippen LogP contribution < -0.4 is 10.5 Å². The molecule has 0 aliphatic carbocycles. The van der Waals surface area contributed by atoms with Crippen molar-refractivity contribution in [2.75, 3.05) is 32.2 Å². The van der Waals surface area contributed by atoms with Crippen LogP contribution in [0.25, 0.3) is 0 Å². The smallest absolute Gasteiger partial charge is 0.121 e. The number of hydrogen-bond acceptors (Lipinski definition) is 4. The summed E-state index contributed by atoms with van der Waals surface area (Å²) in [5.41, 5.74) is 6.40. The topological polar surface area (TPSA) is 53.7 Å². The van der Waals surface area contributed by atoms with Gasteiger partial charge in [-0.2, -0.15) is 0 Å². The molecule has 0 saturated carbocycles. The molecule has 0 spiro atoms. The van der Waals surface area contributed by atoms with Crippen LogP contribution in [-0.4, -0.2) is 32.5 Å². The molecule has 1 saturated heterocycles. The zero-order chi connectivity index (χ0) is 13.3. The minimum Gasteiger partial charge on any atom is -0.493 e. The van der Waals surface area contributed by atoms with Crippen LogP contribution >= 0.6 is 0 Å². The van der Waals surface area contributed by atoms with E-state index in [9.17, 15) is 0 Å². The first-order chi connectivity index (χ1) is 9.34. The predicted octanol–water partition coefficient (Wildman–Crippen LogP) is 2.62. The Balaban J connectivity index is 1.50. The highest BCUT2D eigenvalue weighted by atomic mass is 16.5. The fourth-order valence-electron chi connectivity index (χ4n) is 2.11. The van der Waals surface area contributed by atoms with E-state index in [4.69, 9.17) is 19.9 Å². The summed E-state index contributed by atoms with van der Waals surface area (Å²) >= 11 is 0. The van der Waals surface area contributed by atoms with E-state index in [1.807, 2.05) is 24.3 Å². The normalized spacial score (nSPS) is 19.3. The van der Waals surface area contributed by atoms with Gasteiger partial charge in [-0.15, -0.1) is 0 Å². The fourth-order valence-corrected chi connectivity index (χ4v) is 2.11. The molecule has 4 heteroatoms. The molecule has 1 aliphatic heterocycles. The number of anilines is 1. The van der Waals surface area contributed by atoms with Crippen LogP contribution in [-0.2, 0) is 9.47 Å². The Morgan fingerprint density at radius 3 is 3.00 bits per heavy atom. The Labute approximate surface area is 114 Å². The lowest BCUT2D eigenvalue weighted by atomic mass is 10.1. The Morgan fingerprint density at radius 2 is 2.21 bits per heavy atom. The number of hydrogen-bond donors (Lipinski definition) is 1. The molecule has 0 bridgehead atoms. The third-order valence-electron chi connectivity index (χ3n) is 3.14. The molecule has 1 aromatic rings. The minimum absolute atomic E-state index is 0.295. The van der Waals surface area contributed by atoms with Crippen molar-refractivity contribution >= 4 is 5.69 Å². The molecule has 1 aliphatic rings. The Kier molecular flexibility index (Phi) is 5.98. The van der Waals surface area contributed by atoms with Crippen molar-refractivity contribution in [2.45, 2.75) is 31.8 Å². The minimum atomic E-state index is 0.295. The van der Waals surface area contributed by atoms with Crippen LogP contribution in [0.4, 0.5) is 5.69 Å². The summed E-state index contributed by atoms with van der Waals surface area (Å²) in [5.74, 6) is 0.815. The van der Waals surface area contributed by atoms with Gasteiger partial charge in [0.05, 0.1) is 19.3 Å². The monoisotopic (exact) mass is 265 g/mol. The van der Waals surface area contributed by atoms with E-state index >= 15 is 0 Å². The average Bonchev–Trinajstić information content (AvgIpc) is 2.44. The SMILES string of the molecule is Nc1cccc(OCCCOCC2CCCCO2)c1. The van der Waals surface area contributed by atoms with E-state index in [-0.39, 0.29) is 0 Å². The van der Waals surface area contributed by atoms with E-state index in [1.165, 1.54) is 12.8 Å². The quantitative estimate of drug-likeness (QED) is 0.608. The highest BCUT2D eigenvalue weighted by Crippen LogP contribution is 2.15. The fraction of sp³-hybridized carbons (Fsp3) is 0.600. The van der Waals surface area contributed by atoms with E-state index in [2.05, 4.69) is 0 Å². The largest absolute Gasteiger partial charge is 0.493 e. The van der Waals surface area contributed by atoms with Gasteiger partial charge in [0, 0.05) is 31.4 Å². The van der Waals surface area contributed by atoms with Crippen molar-refractivity contribution in [3.8, 4) is 5.75 Å². The van der Waals surface area contributed by atoms with Crippen LogP contribution in [0.2, 0.25) is 0 Å². The molecule has 2 N–H and O–H groups in total. The summed E-state index contributed by atoms with van der Waals surface area (Å²) in [4.78, 5) is 0. The second-order valence-corrected chi connectivity index (χ2v) is 4.84. The maximum Gasteiger partial charge on any atom is 0.121 e. The Hall–Kier alpha value is -1.26. The van der Waals surface area contributed by atoms with Gasteiger partial charge in [-0.25, -0.2) is 0 Å². The molecule has 1 fully saturated rings. The Morgan fingerprint density at radius 1 is 1.26 bits per heavy atom. The van der Waals surface area contributed by atoms with E-state index in [1.54, 1.807) is 0 Å². The molecule has 0 amide bonds. The van der Waals surface area contributed by atoms with Crippen molar-refractivity contribution in [1.82, 2.24) is 0 Å². The second kappa shape index (κ2) is 8.02. The van der Waals surface area contributed by atoms with Gasteiger partial charge in [0.2, 0.25) is 0 Å². The van der Waals surface area contributed by atoms with Gasteiger partial charge in [-0.05, 0) is 31.4 Å². The van der Waals surface area contributed by atoms with Crippen molar-refractivity contribution < 1.29 is 14.2 Å². The summed E-state index contributed by atoms with van der Waals surface area (Å²) in [6.45, 7) is 2.95. The summed E-state index contributed by atoms with van der Waals surface area (Å²) in [6, 6.07) is 7.48. The van der Waals surface area contributed by atoms with Crippen molar-refractivity contribution in [3.63, 3.8) is 0 Å². The van der Waals surface area contributed by atoms with Crippen LogP contribution in [0.3, 0.4) is 0 Å². The lowest BCUT2D eigenvalue weighted by Gasteiger charge is -2.22.